The number of hydrogen-bond acceptors (Lipinski definition) is 3. The van der Waals surface area contributed by atoms with Gasteiger partial charge >= 0.3 is 5.97 Å². The Morgan fingerprint density at radius 3 is 2.62 bits per heavy atom. The first-order chi connectivity index (χ1) is 7.31. The molecule has 1 aliphatic rings. The minimum absolute atomic E-state index is 0. The van der Waals surface area contributed by atoms with Crippen LogP contribution < -0.4 is 5.32 Å². The second kappa shape index (κ2) is 5.87. The predicted molar refractivity (Wildman–Crippen MR) is 64.6 cm³/mol. The average molecular weight is 242 g/mol. The van der Waals surface area contributed by atoms with Crippen molar-refractivity contribution in [2.75, 3.05) is 7.11 Å². The molecule has 1 heterocycles. The van der Waals surface area contributed by atoms with E-state index < -0.39 is 0 Å². The topological polar surface area (TPSA) is 38.3 Å². The van der Waals surface area contributed by atoms with Crippen LogP contribution in [0.2, 0.25) is 0 Å². The minimum Gasteiger partial charge on any atom is -0.468 e. The summed E-state index contributed by atoms with van der Waals surface area (Å²) in [6.45, 7) is 0. The summed E-state index contributed by atoms with van der Waals surface area (Å²) in [4.78, 5) is 11.3. The van der Waals surface area contributed by atoms with Crippen LogP contribution in [0.15, 0.2) is 30.3 Å². The summed E-state index contributed by atoms with van der Waals surface area (Å²) in [5.74, 6) is -0.159. The van der Waals surface area contributed by atoms with Crippen LogP contribution in [0.5, 0.6) is 0 Å². The third-order valence-electron chi connectivity index (χ3n) is 2.83. The maximum absolute atomic E-state index is 11.3. The van der Waals surface area contributed by atoms with Crippen LogP contribution in [0, 0.1) is 0 Å². The van der Waals surface area contributed by atoms with Crippen molar-refractivity contribution < 1.29 is 9.53 Å². The minimum atomic E-state index is -0.159. The van der Waals surface area contributed by atoms with Crippen LogP contribution in [0.1, 0.15) is 24.4 Å². The molecule has 1 aromatic carbocycles. The van der Waals surface area contributed by atoms with Crippen molar-refractivity contribution in [3.8, 4) is 0 Å². The molecule has 3 nitrogen and oxygen atoms in total. The molecule has 0 aromatic heterocycles. The zero-order valence-electron chi connectivity index (χ0n) is 9.18. The van der Waals surface area contributed by atoms with Crippen LogP contribution in [0.3, 0.4) is 0 Å². The number of hydrogen-bond donors (Lipinski definition) is 1. The van der Waals surface area contributed by atoms with E-state index in [0.717, 1.165) is 12.8 Å². The largest absolute Gasteiger partial charge is 0.468 e. The Labute approximate surface area is 102 Å². The molecule has 88 valence electrons. The van der Waals surface area contributed by atoms with Crippen LogP contribution in [0.25, 0.3) is 0 Å². The number of carbonyl (C=O) groups excluding carboxylic acids is 1. The zero-order chi connectivity index (χ0) is 10.7. The quantitative estimate of drug-likeness (QED) is 0.806. The van der Waals surface area contributed by atoms with Crippen molar-refractivity contribution in [2.45, 2.75) is 24.9 Å². The van der Waals surface area contributed by atoms with Gasteiger partial charge in [0.1, 0.15) is 6.04 Å². The fraction of sp³-hybridized carbons (Fsp3) is 0.417. The van der Waals surface area contributed by atoms with Gasteiger partial charge in [-0.2, -0.15) is 0 Å². The lowest BCUT2D eigenvalue weighted by Gasteiger charge is -2.12. The van der Waals surface area contributed by atoms with Gasteiger partial charge in [-0.05, 0) is 18.4 Å². The predicted octanol–water partition coefficient (Wildman–Crippen LogP) is 2.07. The summed E-state index contributed by atoms with van der Waals surface area (Å²) < 4.78 is 4.72. The molecule has 0 bridgehead atoms. The van der Waals surface area contributed by atoms with Crippen molar-refractivity contribution >= 4 is 18.4 Å². The summed E-state index contributed by atoms with van der Waals surface area (Å²) in [5, 5.41) is 3.28. The Kier molecular flexibility index (Phi) is 4.77. The van der Waals surface area contributed by atoms with Gasteiger partial charge in [-0.25, -0.2) is 0 Å². The number of benzene rings is 1. The van der Waals surface area contributed by atoms with E-state index in [1.807, 2.05) is 18.2 Å². The van der Waals surface area contributed by atoms with E-state index in [4.69, 9.17) is 4.74 Å². The van der Waals surface area contributed by atoms with E-state index in [9.17, 15) is 4.79 Å². The van der Waals surface area contributed by atoms with Gasteiger partial charge in [0, 0.05) is 6.04 Å². The standard InChI is InChI=1S/C12H15NO2.ClH/c1-15-12(14)11-8-7-10(13-11)9-5-3-2-4-6-9;/h2-6,10-11,13H,7-8H2,1H3;1H/t10-,11-;/m0./s1. The molecule has 0 spiro atoms. The molecule has 0 radical (unpaired) electrons. The zero-order valence-corrected chi connectivity index (χ0v) is 10.00. The van der Waals surface area contributed by atoms with Gasteiger partial charge in [0.25, 0.3) is 0 Å². The molecule has 1 aliphatic heterocycles. The van der Waals surface area contributed by atoms with Gasteiger partial charge in [-0.1, -0.05) is 30.3 Å². The number of esters is 1. The lowest BCUT2D eigenvalue weighted by Crippen LogP contribution is -2.33. The Morgan fingerprint density at radius 2 is 2.00 bits per heavy atom. The molecule has 1 fully saturated rings. The molecule has 16 heavy (non-hydrogen) atoms. The van der Waals surface area contributed by atoms with Crippen LogP contribution in [-0.4, -0.2) is 19.1 Å². The number of carbonyl (C=O) groups is 1. The van der Waals surface area contributed by atoms with Gasteiger partial charge in [0.15, 0.2) is 0 Å². The summed E-state index contributed by atoms with van der Waals surface area (Å²) >= 11 is 0. The van der Waals surface area contributed by atoms with Gasteiger partial charge in [-0.3, -0.25) is 10.1 Å². The Bertz CT molecular complexity index is 342. The van der Waals surface area contributed by atoms with E-state index in [0.29, 0.717) is 0 Å². The molecule has 4 heteroatoms. The Balaban J connectivity index is 0.00000128. The average Bonchev–Trinajstić information content (AvgIpc) is 2.78. The summed E-state index contributed by atoms with van der Waals surface area (Å²) in [6.07, 6.45) is 1.84. The van der Waals surface area contributed by atoms with Gasteiger partial charge < -0.3 is 4.74 Å². The molecule has 0 amide bonds. The molecule has 0 aliphatic carbocycles. The van der Waals surface area contributed by atoms with Crippen molar-refractivity contribution in [1.82, 2.24) is 5.32 Å². The first kappa shape index (κ1) is 13.0. The van der Waals surface area contributed by atoms with E-state index in [-0.39, 0.29) is 30.5 Å². The first-order valence-electron chi connectivity index (χ1n) is 5.20. The highest BCUT2D eigenvalue weighted by Gasteiger charge is 2.30. The third-order valence-corrected chi connectivity index (χ3v) is 2.83. The second-order valence-corrected chi connectivity index (χ2v) is 3.78. The van der Waals surface area contributed by atoms with Gasteiger partial charge in [0.05, 0.1) is 7.11 Å². The van der Waals surface area contributed by atoms with Gasteiger partial charge in [0.2, 0.25) is 0 Å². The van der Waals surface area contributed by atoms with Gasteiger partial charge in [-0.15, -0.1) is 12.4 Å². The Hall–Kier alpha value is -1.06. The molecule has 1 aromatic rings. The second-order valence-electron chi connectivity index (χ2n) is 3.78. The van der Waals surface area contributed by atoms with E-state index in [2.05, 4.69) is 17.4 Å². The van der Waals surface area contributed by atoms with Crippen molar-refractivity contribution in [3.05, 3.63) is 35.9 Å². The lowest BCUT2D eigenvalue weighted by molar-refractivity contribution is -0.142. The van der Waals surface area contributed by atoms with Crippen LogP contribution >= 0.6 is 12.4 Å². The van der Waals surface area contributed by atoms with E-state index in [1.54, 1.807) is 0 Å². The smallest absolute Gasteiger partial charge is 0.322 e. The first-order valence-corrected chi connectivity index (χ1v) is 5.20. The van der Waals surface area contributed by atoms with Crippen molar-refractivity contribution in [3.63, 3.8) is 0 Å². The van der Waals surface area contributed by atoms with Crippen molar-refractivity contribution in [1.29, 1.82) is 0 Å². The Morgan fingerprint density at radius 1 is 1.31 bits per heavy atom. The summed E-state index contributed by atoms with van der Waals surface area (Å²) in [5.41, 5.74) is 1.24. The lowest BCUT2D eigenvalue weighted by atomic mass is 10.1. The molecule has 2 rings (SSSR count). The number of rotatable bonds is 2. The number of methoxy groups -OCH3 is 1. The number of nitrogens with one attached hydrogen (secondary N) is 1. The number of halogens is 1. The molecular formula is C12H16ClNO2. The summed E-state index contributed by atoms with van der Waals surface area (Å²) in [6, 6.07) is 10.3. The highest BCUT2D eigenvalue weighted by atomic mass is 35.5. The van der Waals surface area contributed by atoms with Crippen LogP contribution in [0.4, 0.5) is 0 Å². The monoisotopic (exact) mass is 241 g/mol. The number of ether oxygens (including phenoxy) is 1. The van der Waals surface area contributed by atoms with E-state index >= 15 is 0 Å². The molecule has 0 saturated carbocycles. The molecule has 1 N–H and O–H groups in total. The van der Waals surface area contributed by atoms with Crippen molar-refractivity contribution in [2.24, 2.45) is 0 Å². The molecule has 1 saturated heterocycles. The maximum Gasteiger partial charge on any atom is 0.322 e. The normalized spacial score (nSPS) is 23.6. The van der Waals surface area contributed by atoms with E-state index in [1.165, 1.54) is 12.7 Å². The third kappa shape index (κ3) is 2.74. The fourth-order valence-electron chi connectivity index (χ4n) is 2.02. The molecular weight excluding hydrogens is 226 g/mol. The highest BCUT2D eigenvalue weighted by molar-refractivity contribution is 5.85. The summed E-state index contributed by atoms with van der Waals surface area (Å²) in [7, 11) is 1.43. The fourth-order valence-corrected chi connectivity index (χ4v) is 2.02. The highest BCUT2D eigenvalue weighted by Crippen LogP contribution is 2.26. The molecule has 0 unspecified atom stereocenters. The maximum atomic E-state index is 11.3. The SMILES string of the molecule is COC(=O)[C@@H]1CC[C@@H](c2ccccc2)N1.Cl. The molecule has 2 atom stereocenters. The van der Waals surface area contributed by atoms with Crippen LogP contribution in [-0.2, 0) is 9.53 Å².